The summed E-state index contributed by atoms with van der Waals surface area (Å²) in [7, 11) is 0. The molecule has 4 nitrogen and oxygen atoms in total. The second-order valence-corrected chi connectivity index (χ2v) is 5.83. The smallest absolute Gasteiger partial charge is 0.224 e. The van der Waals surface area contributed by atoms with Crippen LogP contribution >= 0.6 is 11.3 Å². The maximum Gasteiger partial charge on any atom is 0.224 e. The van der Waals surface area contributed by atoms with Crippen LogP contribution in [0, 0.1) is 12.8 Å². The van der Waals surface area contributed by atoms with Gasteiger partial charge >= 0.3 is 0 Å². The van der Waals surface area contributed by atoms with E-state index in [2.05, 4.69) is 10.3 Å². The minimum Gasteiger partial charge on any atom is -0.351 e. The van der Waals surface area contributed by atoms with Gasteiger partial charge in [-0.15, -0.1) is 11.3 Å². The van der Waals surface area contributed by atoms with Crippen LogP contribution in [0.4, 0.5) is 0 Å². The number of nitrogens with two attached hydrogens (primary N) is 1. The summed E-state index contributed by atoms with van der Waals surface area (Å²) >= 11 is 1.62. The van der Waals surface area contributed by atoms with Crippen LogP contribution in [0.15, 0.2) is 30.3 Å². The van der Waals surface area contributed by atoms with Crippen LogP contribution in [0.25, 0.3) is 10.6 Å². The molecular weight excluding hydrogens is 270 g/mol. The molecule has 106 valence electrons. The van der Waals surface area contributed by atoms with Crippen molar-refractivity contribution in [1.29, 1.82) is 0 Å². The van der Waals surface area contributed by atoms with Crippen molar-refractivity contribution in [2.45, 2.75) is 20.4 Å². The van der Waals surface area contributed by atoms with Gasteiger partial charge in [0.05, 0.1) is 12.2 Å². The van der Waals surface area contributed by atoms with Crippen LogP contribution in [0.1, 0.15) is 17.5 Å². The van der Waals surface area contributed by atoms with Crippen molar-refractivity contribution >= 4 is 17.2 Å². The zero-order valence-electron chi connectivity index (χ0n) is 11.7. The van der Waals surface area contributed by atoms with E-state index in [1.807, 2.05) is 44.2 Å². The van der Waals surface area contributed by atoms with Gasteiger partial charge in [-0.2, -0.15) is 0 Å². The summed E-state index contributed by atoms with van der Waals surface area (Å²) in [5, 5.41) is 3.89. The van der Waals surface area contributed by atoms with E-state index in [1.165, 1.54) is 0 Å². The Hall–Kier alpha value is -1.72. The molecule has 3 N–H and O–H groups in total. The number of carbonyl (C=O) groups is 1. The fourth-order valence-electron chi connectivity index (χ4n) is 1.74. The number of carbonyl (C=O) groups excluding carboxylic acids is 1. The molecule has 0 fully saturated rings. The van der Waals surface area contributed by atoms with Crippen molar-refractivity contribution in [3.05, 3.63) is 40.9 Å². The zero-order chi connectivity index (χ0) is 14.5. The number of thiazole rings is 1. The minimum atomic E-state index is -0.156. The van der Waals surface area contributed by atoms with Gasteiger partial charge in [0.15, 0.2) is 0 Å². The molecular formula is C15H19N3OS. The fourth-order valence-corrected chi connectivity index (χ4v) is 2.75. The number of amides is 1. The molecule has 1 aromatic heterocycles. The molecule has 0 bridgehead atoms. The van der Waals surface area contributed by atoms with E-state index >= 15 is 0 Å². The topological polar surface area (TPSA) is 68.0 Å². The van der Waals surface area contributed by atoms with E-state index in [4.69, 9.17) is 5.73 Å². The molecule has 1 atom stereocenters. The molecule has 0 aliphatic rings. The standard InChI is InChI=1S/C15H19N3OS/c1-10(8-16)14(19)17-9-13-11(2)18-15(20-13)12-6-4-3-5-7-12/h3-7,10H,8-9,16H2,1-2H3,(H,17,19). The summed E-state index contributed by atoms with van der Waals surface area (Å²) in [4.78, 5) is 17.4. The van der Waals surface area contributed by atoms with Gasteiger partial charge in [-0.25, -0.2) is 4.98 Å². The lowest BCUT2D eigenvalue weighted by Crippen LogP contribution is -2.32. The van der Waals surface area contributed by atoms with Crippen LogP contribution in [-0.4, -0.2) is 17.4 Å². The second-order valence-electron chi connectivity index (χ2n) is 4.75. The molecule has 2 rings (SSSR count). The van der Waals surface area contributed by atoms with Gasteiger partial charge in [-0.3, -0.25) is 4.79 Å². The molecule has 1 aromatic carbocycles. The highest BCUT2D eigenvalue weighted by Crippen LogP contribution is 2.27. The third-order valence-electron chi connectivity index (χ3n) is 3.14. The first-order valence-corrected chi connectivity index (χ1v) is 7.43. The molecule has 1 unspecified atom stereocenters. The van der Waals surface area contributed by atoms with Crippen molar-refractivity contribution in [2.75, 3.05) is 6.54 Å². The average molecular weight is 289 g/mol. The molecule has 1 heterocycles. The first kappa shape index (κ1) is 14.7. The van der Waals surface area contributed by atoms with Crippen LogP contribution < -0.4 is 11.1 Å². The molecule has 0 saturated heterocycles. The van der Waals surface area contributed by atoms with Gasteiger partial charge in [0.2, 0.25) is 5.91 Å². The monoisotopic (exact) mass is 289 g/mol. The zero-order valence-corrected chi connectivity index (χ0v) is 12.5. The van der Waals surface area contributed by atoms with E-state index in [-0.39, 0.29) is 11.8 Å². The number of aromatic nitrogens is 1. The second kappa shape index (κ2) is 6.63. The summed E-state index contributed by atoms with van der Waals surface area (Å²) in [5.41, 5.74) is 7.55. The molecule has 0 aliphatic heterocycles. The number of aryl methyl sites for hydroxylation is 1. The van der Waals surface area contributed by atoms with Crippen LogP contribution in [0.3, 0.4) is 0 Å². The highest BCUT2D eigenvalue weighted by Gasteiger charge is 2.13. The maximum atomic E-state index is 11.7. The van der Waals surface area contributed by atoms with Crippen molar-refractivity contribution in [3.8, 4) is 10.6 Å². The summed E-state index contributed by atoms with van der Waals surface area (Å²) in [6, 6.07) is 10.1. The SMILES string of the molecule is Cc1nc(-c2ccccc2)sc1CNC(=O)C(C)CN. The first-order chi connectivity index (χ1) is 9.61. The Morgan fingerprint density at radius 3 is 2.75 bits per heavy atom. The quantitative estimate of drug-likeness (QED) is 0.887. The predicted octanol–water partition coefficient (Wildman–Crippen LogP) is 2.33. The first-order valence-electron chi connectivity index (χ1n) is 6.61. The van der Waals surface area contributed by atoms with Crippen molar-refractivity contribution in [2.24, 2.45) is 11.7 Å². The number of benzene rings is 1. The van der Waals surface area contributed by atoms with Gasteiger partial charge in [-0.1, -0.05) is 37.3 Å². The highest BCUT2D eigenvalue weighted by molar-refractivity contribution is 7.15. The van der Waals surface area contributed by atoms with E-state index in [0.29, 0.717) is 13.1 Å². The van der Waals surface area contributed by atoms with E-state index in [0.717, 1.165) is 21.1 Å². The predicted molar refractivity (Wildman–Crippen MR) is 82.4 cm³/mol. The number of nitrogens with zero attached hydrogens (tertiary/aromatic N) is 1. The van der Waals surface area contributed by atoms with Gasteiger partial charge in [-0.05, 0) is 6.92 Å². The molecule has 0 spiro atoms. The average Bonchev–Trinajstić information content (AvgIpc) is 2.86. The Morgan fingerprint density at radius 2 is 2.10 bits per heavy atom. The van der Waals surface area contributed by atoms with Crippen molar-refractivity contribution in [1.82, 2.24) is 10.3 Å². The van der Waals surface area contributed by atoms with Crippen molar-refractivity contribution in [3.63, 3.8) is 0 Å². The van der Waals surface area contributed by atoms with Crippen LogP contribution in [0.5, 0.6) is 0 Å². The van der Waals surface area contributed by atoms with E-state index in [1.54, 1.807) is 11.3 Å². The van der Waals surface area contributed by atoms with Gasteiger partial charge in [0.1, 0.15) is 5.01 Å². The molecule has 2 aromatic rings. The number of nitrogens with one attached hydrogen (secondary N) is 1. The molecule has 0 saturated carbocycles. The molecule has 20 heavy (non-hydrogen) atoms. The third kappa shape index (κ3) is 3.43. The third-order valence-corrected chi connectivity index (χ3v) is 4.34. The number of hydrogen-bond donors (Lipinski definition) is 2. The Balaban J connectivity index is 2.07. The lowest BCUT2D eigenvalue weighted by Gasteiger charge is -2.08. The fraction of sp³-hybridized carbons (Fsp3) is 0.333. The minimum absolute atomic E-state index is 0.0124. The summed E-state index contributed by atoms with van der Waals surface area (Å²) in [6.45, 7) is 4.67. The van der Waals surface area contributed by atoms with Gasteiger partial charge in [0, 0.05) is 22.9 Å². The lowest BCUT2D eigenvalue weighted by atomic mass is 10.2. The number of hydrogen-bond acceptors (Lipinski definition) is 4. The molecule has 0 radical (unpaired) electrons. The Morgan fingerprint density at radius 1 is 1.40 bits per heavy atom. The van der Waals surface area contributed by atoms with Gasteiger partial charge in [0.25, 0.3) is 0 Å². The molecule has 5 heteroatoms. The summed E-state index contributed by atoms with van der Waals surface area (Å²) in [5.74, 6) is -0.168. The molecule has 1 amide bonds. The van der Waals surface area contributed by atoms with Crippen LogP contribution in [0.2, 0.25) is 0 Å². The Labute approximate surface area is 123 Å². The normalized spacial score (nSPS) is 12.2. The summed E-state index contributed by atoms with van der Waals surface area (Å²) in [6.07, 6.45) is 0. The highest BCUT2D eigenvalue weighted by atomic mass is 32.1. The Bertz CT molecular complexity index is 580. The van der Waals surface area contributed by atoms with Crippen molar-refractivity contribution < 1.29 is 4.79 Å². The summed E-state index contributed by atoms with van der Waals surface area (Å²) < 4.78 is 0. The maximum absolute atomic E-state index is 11.7. The van der Waals surface area contributed by atoms with Gasteiger partial charge < -0.3 is 11.1 Å². The number of rotatable bonds is 5. The van der Waals surface area contributed by atoms with E-state index in [9.17, 15) is 4.79 Å². The lowest BCUT2D eigenvalue weighted by molar-refractivity contribution is -0.124. The largest absolute Gasteiger partial charge is 0.351 e. The van der Waals surface area contributed by atoms with Crippen LogP contribution in [-0.2, 0) is 11.3 Å². The Kier molecular flexibility index (Phi) is 4.87. The molecule has 0 aliphatic carbocycles. The van der Waals surface area contributed by atoms with E-state index < -0.39 is 0 Å².